The molecule has 0 aliphatic carbocycles. The normalized spacial score (nSPS) is 10.7. The molecule has 0 saturated heterocycles. The summed E-state index contributed by atoms with van der Waals surface area (Å²) >= 11 is 6.02. The van der Waals surface area contributed by atoms with Gasteiger partial charge in [-0.3, -0.25) is 0 Å². The van der Waals surface area contributed by atoms with Crippen molar-refractivity contribution in [3.8, 4) is 22.8 Å². The molecule has 1 N–H and O–H groups in total. The van der Waals surface area contributed by atoms with Gasteiger partial charge in [0, 0.05) is 30.8 Å². The van der Waals surface area contributed by atoms with Crippen LogP contribution in [0.2, 0.25) is 5.02 Å². The van der Waals surface area contributed by atoms with Gasteiger partial charge >= 0.3 is 0 Å². The number of rotatable bonds is 9. The lowest BCUT2D eigenvalue weighted by molar-refractivity contribution is 0.188. The molecule has 1 aromatic heterocycles. The number of aromatic nitrogens is 2. The van der Waals surface area contributed by atoms with Crippen LogP contribution in [-0.4, -0.2) is 37.5 Å². The van der Waals surface area contributed by atoms with E-state index in [1.54, 1.807) is 21.3 Å². The van der Waals surface area contributed by atoms with E-state index in [9.17, 15) is 0 Å². The van der Waals surface area contributed by atoms with Gasteiger partial charge in [-0.1, -0.05) is 23.7 Å². The maximum atomic E-state index is 6.02. The first-order chi connectivity index (χ1) is 13.7. The Bertz CT molecular complexity index is 910. The van der Waals surface area contributed by atoms with Crippen LogP contribution in [0, 0.1) is 0 Å². The molecule has 0 atom stereocenters. The summed E-state index contributed by atoms with van der Waals surface area (Å²) in [5.41, 5.74) is 3.02. The van der Waals surface area contributed by atoms with E-state index in [2.05, 4.69) is 14.9 Å². The first kappa shape index (κ1) is 20.0. The molecule has 0 saturated carbocycles. The van der Waals surface area contributed by atoms with Gasteiger partial charge in [0.05, 0.1) is 32.7 Å². The lowest BCUT2D eigenvalue weighted by Gasteiger charge is -2.15. The van der Waals surface area contributed by atoms with Crippen LogP contribution in [0.4, 0.5) is 5.95 Å². The predicted molar refractivity (Wildman–Crippen MR) is 111 cm³/mol. The molecule has 0 aliphatic rings. The smallest absolute Gasteiger partial charge is 0.203 e. The second kappa shape index (κ2) is 9.48. The summed E-state index contributed by atoms with van der Waals surface area (Å²) in [4.78, 5) is 4.57. The Morgan fingerprint density at radius 3 is 2.50 bits per heavy atom. The number of hydrogen-bond donors (Lipinski definition) is 1. The number of imidazole rings is 1. The minimum atomic E-state index is 0.546. The summed E-state index contributed by atoms with van der Waals surface area (Å²) in [7, 11) is 4.99. The lowest BCUT2D eigenvalue weighted by Crippen LogP contribution is -2.12. The standard InChI is InChI=1S/C21H24ClN3O3/c1-26-11-10-25-19(15-4-6-17(22)7-5-15)14-24-21(25)23-13-16-12-18(27-2)8-9-20(16)28-3/h4-9,12,14H,10-11,13H2,1-3H3,(H,23,24). The minimum absolute atomic E-state index is 0.546. The fourth-order valence-electron chi connectivity index (χ4n) is 2.97. The Balaban J connectivity index is 1.87. The molecule has 1 heterocycles. The van der Waals surface area contributed by atoms with Gasteiger partial charge in [-0.15, -0.1) is 0 Å². The Hall–Kier alpha value is -2.70. The predicted octanol–water partition coefficient (Wildman–Crippen LogP) is 4.48. The molecule has 0 amide bonds. The van der Waals surface area contributed by atoms with Crippen molar-refractivity contribution in [2.75, 3.05) is 33.3 Å². The molecule has 0 radical (unpaired) electrons. The second-order valence-electron chi connectivity index (χ2n) is 6.15. The fourth-order valence-corrected chi connectivity index (χ4v) is 3.10. The topological polar surface area (TPSA) is 57.5 Å². The Morgan fingerprint density at radius 2 is 1.82 bits per heavy atom. The van der Waals surface area contributed by atoms with Gasteiger partial charge < -0.3 is 24.1 Å². The van der Waals surface area contributed by atoms with Gasteiger partial charge in [0.2, 0.25) is 5.95 Å². The summed E-state index contributed by atoms with van der Waals surface area (Å²) in [6, 6.07) is 13.4. The van der Waals surface area contributed by atoms with Crippen LogP contribution < -0.4 is 14.8 Å². The first-order valence-corrected chi connectivity index (χ1v) is 9.29. The number of benzene rings is 2. The molecule has 2 aromatic carbocycles. The Kier molecular flexibility index (Phi) is 6.79. The van der Waals surface area contributed by atoms with Gasteiger partial charge in [-0.25, -0.2) is 4.98 Å². The van der Waals surface area contributed by atoms with Crippen LogP contribution in [0.25, 0.3) is 11.3 Å². The Morgan fingerprint density at radius 1 is 1.04 bits per heavy atom. The van der Waals surface area contributed by atoms with E-state index in [0.717, 1.165) is 34.3 Å². The number of ether oxygens (including phenoxy) is 3. The molecule has 3 aromatic rings. The minimum Gasteiger partial charge on any atom is -0.497 e. The average Bonchev–Trinajstić information content (AvgIpc) is 3.13. The largest absolute Gasteiger partial charge is 0.497 e. The highest BCUT2D eigenvalue weighted by atomic mass is 35.5. The molecule has 6 nitrogen and oxygen atoms in total. The van der Waals surface area contributed by atoms with Crippen LogP contribution in [-0.2, 0) is 17.8 Å². The molecule has 148 valence electrons. The lowest BCUT2D eigenvalue weighted by atomic mass is 10.1. The Labute approximate surface area is 170 Å². The monoisotopic (exact) mass is 401 g/mol. The molecular formula is C21H24ClN3O3. The third kappa shape index (κ3) is 4.58. The highest BCUT2D eigenvalue weighted by Crippen LogP contribution is 2.27. The van der Waals surface area contributed by atoms with E-state index < -0.39 is 0 Å². The second-order valence-corrected chi connectivity index (χ2v) is 6.59. The van der Waals surface area contributed by atoms with Crippen LogP contribution in [0.15, 0.2) is 48.7 Å². The van der Waals surface area contributed by atoms with Crippen molar-refractivity contribution in [1.82, 2.24) is 9.55 Å². The maximum absolute atomic E-state index is 6.02. The molecule has 3 rings (SSSR count). The number of hydrogen-bond acceptors (Lipinski definition) is 5. The van der Waals surface area contributed by atoms with Crippen LogP contribution in [0.3, 0.4) is 0 Å². The summed E-state index contributed by atoms with van der Waals surface area (Å²) < 4.78 is 18.2. The van der Waals surface area contributed by atoms with Crippen molar-refractivity contribution >= 4 is 17.5 Å². The van der Waals surface area contributed by atoms with Crippen molar-refractivity contribution < 1.29 is 14.2 Å². The number of nitrogens with zero attached hydrogens (tertiary/aromatic N) is 2. The van der Waals surface area contributed by atoms with E-state index >= 15 is 0 Å². The number of nitrogens with one attached hydrogen (secondary N) is 1. The van der Waals surface area contributed by atoms with E-state index in [4.69, 9.17) is 25.8 Å². The fraction of sp³-hybridized carbons (Fsp3) is 0.286. The van der Waals surface area contributed by atoms with Gasteiger partial charge in [0.25, 0.3) is 0 Å². The zero-order valence-corrected chi connectivity index (χ0v) is 17.0. The van der Waals surface area contributed by atoms with Crippen molar-refractivity contribution in [1.29, 1.82) is 0 Å². The summed E-state index contributed by atoms with van der Waals surface area (Å²) in [5, 5.41) is 4.10. The highest BCUT2D eigenvalue weighted by Gasteiger charge is 2.13. The van der Waals surface area contributed by atoms with Crippen molar-refractivity contribution in [2.24, 2.45) is 0 Å². The summed E-state index contributed by atoms with van der Waals surface area (Å²) in [6.45, 7) is 1.80. The number of anilines is 1. The highest BCUT2D eigenvalue weighted by molar-refractivity contribution is 6.30. The first-order valence-electron chi connectivity index (χ1n) is 8.91. The molecule has 0 aliphatic heterocycles. The molecule has 0 spiro atoms. The van der Waals surface area contributed by atoms with E-state index in [1.165, 1.54) is 0 Å². The van der Waals surface area contributed by atoms with Crippen molar-refractivity contribution in [2.45, 2.75) is 13.1 Å². The molecular weight excluding hydrogens is 378 g/mol. The van der Waals surface area contributed by atoms with Crippen molar-refractivity contribution in [3.63, 3.8) is 0 Å². The van der Waals surface area contributed by atoms with Gasteiger partial charge in [0.15, 0.2) is 0 Å². The summed E-state index contributed by atoms with van der Waals surface area (Å²) in [5.74, 6) is 2.33. The quantitative estimate of drug-likeness (QED) is 0.573. The molecule has 0 bridgehead atoms. The molecule has 0 unspecified atom stereocenters. The zero-order valence-electron chi connectivity index (χ0n) is 16.2. The van der Waals surface area contributed by atoms with Crippen LogP contribution in [0.5, 0.6) is 11.5 Å². The van der Waals surface area contributed by atoms with E-state index in [0.29, 0.717) is 24.7 Å². The third-order valence-electron chi connectivity index (χ3n) is 4.44. The van der Waals surface area contributed by atoms with Crippen LogP contribution in [0.1, 0.15) is 5.56 Å². The molecule has 28 heavy (non-hydrogen) atoms. The number of halogens is 1. The summed E-state index contributed by atoms with van der Waals surface area (Å²) in [6.07, 6.45) is 1.85. The maximum Gasteiger partial charge on any atom is 0.203 e. The SMILES string of the molecule is COCCn1c(-c2ccc(Cl)cc2)cnc1NCc1cc(OC)ccc1OC. The van der Waals surface area contributed by atoms with Gasteiger partial charge in [-0.05, 0) is 35.9 Å². The third-order valence-corrected chi connectivity index (χ3v) is 4.69. The number of methoxy groups -OCH3 is 3. The molecule has 0 fully saturated rings. The van der Waals surface area contributed by atoms with Crippen LogP contribution >= 0.6 is 11.6 Å². The van der Waals surface area contributed by atoms with E-state index in [-0.39, 0.29) is 0 Å². The van der Waals surface area contributed by atoms with E-state index in [1.807, 2.05) is 48.7 Å². The molecule has 7 heteroatoms. The van der Waals surface area contributed by atoms with Gasteiger partial charge in [-0.2, -0.15) is 0 Å². The van der Waals surface area contributed by atoms with Gasteiger partial charge in [0.1, 0.15) is 11.5 Å². The van der Waals surface area contributed by atoms with Crippen molar-refractivity contribution in [3.05, 3.63) is 59.2 Å². The average molecular weight is 402 g/mol. The zero-order chi connectivity index (χ0) is 19.9.